The Morgan fingerprint density at radius 3 is 3.23 bits per heavy atom. The van der Waals surface area contributed by atoms with E-state index in [1.54, 1.807) is 0 Å². The third-order valence-electron chi connectivity index (χ3n) is 2.84. The van der Waals surface area contributed by atoms with Crippen LogP contribution in [0.2, 0.25) is 0 Å². The standard InChI is InChI=1S/C10H16N2O/c1-2-10-11-5-9-4-3-8(7-13)6-12(9)10/h5,8,13H,2-4,6-7H2,1H3. The number of rotatable bonds is 2. The molecule has 13 heavy (non-hydrogen) atoms. The first-order valence-electron chi connectivity index (χ1n) is 4.99. The van der Waals surface area contributed by atoms with E-state index in [1.807, 2.05) is 6.20 Å². The summed E-state index contributed by atoms with van der Waals surface area (Å²) in [5.74, 6) is 1.60. The second-order valence-electron chi connectivity index (χ2n) is 3.72. The highest BCUT2D eigenvalue weighted by Crippen LogP contribution is 2.21. The van der Waals surface area contributed by atoms with E-state index in [-0.39, 0.29) is 0 Å². The van der Waals surface area contributed by atoms with Crippen LogP contribution in [0, 0.1) is 5.92 Å². The number of imidazole rings is 1. The molecular formula is C10H16N2O. The van der Waals surface area contributed by atoms with E-state index in [9.17, 15) is 0 Å². The molecular weight excluding hydrogens is 164 g/mol. The second-order valence-corrected chi connectivity index (χ2v) is 3.72. The zero-order valence-corrected chi connectivity index (χ0v) is 8.03. The van der Waals surface area contributed by atoms with Crippen molar-refractivity contribution in [1.29, 1.82) is 0 Å². The monoisotopic (exact) mass is 180 g/mol. The lowest BCUT2D eigenvalue weighted by atomic mass is 9.99. The predicted molar refractivity (Wildman–Crippen MR) is 50.5 cm³/mol. The topological polar surface area (TPSA) is 38.0 Å². The Morgan fingerprint density at radius 2 is 2.54 bits per heavy atom. The van der Waals surface area contributed by atoms with E-state index in [0.717, 1.165) is 31.6 Å². The molecule has 1 atom stereocenters. The summed E-state index contributed by atoms with van der Waals surface area (Å²) < 4.78 is 2.27. The Labute approximate surface area is 78.4 Å². The Hall–Kier alpha value is -0.830. The number of fused-ring (bicyclic) bond motifs is 1. The number of nitrogens with zero attached hydrogens (tertiary/aromatic N) is 2. The van der Waals surface area contributed by atoms with Crippen LogP contribution >= 0.6 is 0 Å². The van der Waals surface area contributed by atoms with E-state index < -0.39 is 0 Å². The molecule has 3 nitrogen and oxygen atoms in total. The van der Waals surface area contributed by atoms with Crippen LogP contribution in [0.1, 0.15) is 24.9 Å². The first-order valence-corrected chi connectivity index (χ1v) is 4.99. The highest BCUT2D eigenvalue weighted by molar-refractivity contribution is 5.08. The lowest BCUT2D eigenvalue weighted by molar-refractivity contribution is 0.190. The summed E-state index contributed by atoms with van der Waals surface area (Å²) in [5.41, 5.74) is 1.33. The van der Waals surface area contributed by atoms with E-state index in [2.05, 4.69) is 16.5 Å². The molecule has 2 heterocycles. The van der Waals surface area contributed by atoms with Crippen molar-refractivity contribution in [3.8, 4) is 0 Å². The summed E-state index contributed by atoms with van der Waals surface area (Å²) in [4.78, 5) is 4.37. The first-order chi connectivity index (χ1) is 6.35. The zero-order chi connectivity index (χ0) is 9.26. The third kappa shape index (κ3) is 1.48. The van der Waals surface area contributed by atoms with Crippen LogP contribution in [-0.4, -0.2) is 21.3 Å². The van der Waals surface area contributed by atoms with E-state index in [1.165, 1.54) is 5.69 Å². The third-order valence-corrected chi connectivity index (χ3v) is 2.84. The van der Waals surface area contributed by atoms with Gasteiger partial charge in [0.25, 0.3) is 0 Å². The lowest BCUT2D eigenvalue weighted by Gasteiger charge is -2.23. The van der Waals surface area contributed by atoms with Crippen molar-refractivity contribution >= 4 is 0 Å². The molecule has 0 radical (unpaired) electrons. The summed E-state index contributed by atoms with van der Waals surface area (Å²) in [6.45, 7) is 3.38. The molecule has 1 unspecified atom stereocenters. The minimum Gasteiger partial charge on any atom is -0.396 e. The van der Waals surface area contributed by atoms with Gasteiger partial charge in [-0.05, 0) is 12.8 Å². The van der Waals surface area contributed by atoms with Crippen molar-refractivity contribution in [2.24, 2.45) is 5.92 Å². The normalized spacial score (nSPS) is 21.5. The first kappa shape index (κ1) is 8.75. The summed E-state index contributed by atoms with van der Waals surface area (Å²) in [7, 11) is 0. The summed E-state index contributed by atoms with van der Waals surface area (Å²) in [6, 6.07) is 0. The van der Waals surface area contributed by atoms with Gasteiger partial charge in [0, 0.05) is 37.4 Å². The molecule has 1 aromatic rings. The minimum absolute atomic E-state index is 0.306. The average Bonchev–Trinajstić information content (AvgIpc) is 2.59. The lowest BCUT2D eigenvalue weighted by Crippen LogP contribution is -2.23. The molecule has 0 aromatic carbocycles. The van der Waals surface area contributed by atoms with Crippen molar-refractivity contribution in [2.45, 2.75) is 32.7 Å². The van der Waals surface area contributed by atoms with Crippen molar-refractivity contribution in [3.63, 3.8) is 0 Å². The molecule has 0 spiro atoms. The Morgan fingerprint density at radius 1 is 1.69 bits per heavy atom. The van der Waals surface area contributed by atoms with Crippen LogP contribution in [0.4, 0.5) is 0 Å². The molecule has 1 aromatic heterocycles. The fourth-order valence-corrected chi connectivity index (χ4v) is 2.01. The summed E-state index contributed by atoms with van der Waals surface area (Å²) in [6.07, 6.45) is 5.13. The number of aliphatic hydroxyl groups is 1. The Bertz CT molecular complexity index is 280. The van der Waals surface area contributed by atoms with Crippen LogP contribution in [0.15, 0.2) is 6.20 Å². The minimum atomic E-state index is 0.306. The van der Waals surface area contributed by atoms with Gasteiger partial charge in [-0.2, -0.15) is 0 Å². The van der Waals surface area contributed by atoms with Crippen LogP contribution in [0.25, 0.3) is 0 Å². The second kappa shape index (κ2) is 3.50. The number of aryl methyl sites for hydroxylation is 2. The van der Waals surface area contributed by atoms with Crippen LogP contribution in [-0.2, 0) is 19.4 Å². The van der Waals surface area contributed by atoms with Crippen molar-refractivity contribution < 1.29 is 5.11 Å². The van der Waals surface area contributed by atoms with Gasteiger partial charge in [-0.3, -0.25) is 0 Å². The van der Waals surface area contributed by atoms with E-state index in [0.29, 0.717) is 12.5 Å². The van der Waals surface area contributed by atoms with Crippen molar-refractivity contribution in [3.05, 3.63) is 17.7 Å². The molecule has 0 bridgehead atoms. The van der Waals surface area contributed by atoms with Gasteiger partial charge in [0.15, 0.2) is 0 Å². The molecule has 1 aliphatic heterocycles. The van der Waals surface area contributed by atoms with Gasteiger partial charge in [0.2, 0.25) is 0 Å². The molecule has 0 aliphatic carbocycles. The van der Waals surface area contributed by atoms with Crippen LogP contribution < -0.4 is 0 Å². The van der Waals surface area contributed by atoms with Crippen LogP contribution in [0.5, 0.6) is 0 Å². The summed E-state index contributed by atoms with van der Waals surface area (Å²) >= 11 is 0. The molecule has 2 rings (SSSR count). The predicted octanol–water partition coefficient (Wildman–Crippen LogP) is 1.00. The van der Waals surface area contributed by atoms with Gasteiger partial charge in [0.1, 0.15) is 5.82 Å². The number of hydrogen-bond donors (Lipinski definition) is 1. The highest BCUT2D eigenvalue weighted by Gasteiger charge is 2.19. The fraction of sp³-hybridized carbons (Fsp3) is 0.700. The molecule has 0 saturated heterocycles. The smallest absolute Gasteiger partial charge is 0.108 e. The Balaban J connectivity index is 2.25. The molecule has 0 fully saturated rings. The van der Waals surface area contributed by atoms with Crippen LogP contribution in [0.3, 0.4) is 0 Å². The molecule has 3 heteroatoms. The molecule has 0 amide bonds. The maximum absolute atomic E-state index is 9.08. The quantitative estimate of drug-likeness (QED) is 0.737. The number of aromatic nitrogens is 2. The van der Waals surface area contributed by atoms with Crippen molar-refractivity contribution in [2.75, 3.05) is 6.61 Å². The van der Waals surface area contributed by atoms with Gasteiger partial charge in [0.05, 0.1) is 0 Å². The van der Waals surface area contributed by atoms with Gasteiger partial charge in [-0.25, -0.2) is 4.98 Å². The highest BCUT2D eigenvalue weighted by atomic mass is 16.3. The van der Waals surface area contributed by atoms with Gasteiger partial charge < -0.3 is 9.67 Å². The Kier molecular flexibility index (Phi) is 2.36. The maximum atomic E-state index is 9.08. The number of hydrogen-bond acceptors (Lipinski definition) is 2. The molecule has 0 saturated carbocycles. The fourth-order valence-electron chi connectivity index (χ4n) is 2.01. The van der Waals surface area contributed by atoms with Gasteiger partial charge in [-0.15, -0.1) is 0 Å². The van der Waals surface area contributed by atoms with Gasteiger partial charge >= 0.3 is 0 Å². The van der Waals surface area contributed by atoms with E-state index in [4.69, 9.17) is 5.11 Å². The largest absolute Gasteiger partial charge is 0.396 e. The molecule has 1 aliphatic rings. The maximum Gasteiger partial charge on any atom is 0.108 e. The molecule has 1 N–H and O–H groups in total. The zero-order valence-electron chi connectivity index (χ0n) is 8.03. The van der Waals surface area contributed by atoms with Crippen molar-refractivity contribution in [1.82, 2.24) is 9.55 Å². The van der Waals surface area contributed by atoms with Gasteiger partial charge in [-0.1, -0.05) is 6.92 Å². The summed E-state index contributed by atoms with van der Waals surface area (Å²) in [5, 5.41) is 9.08. The SMILES string of the molecule is CCc1ncc2n1CC(CO)CC2. The van der Waals surface area contributed by atoms with E-state index >= 15 is 0 Å². The number of aliphatic hydroxyl groups excluding tert-OH is 1. The average molecular weight is 180 g/mol. The molecule has 72 valence electrons.